The monoisotopic (exact) mass is 700 g/mol. The number of ether oxygens (including phenoxy) is 2. The Kier molecular flexibility index (Phi) is 29.7. The van der Waals surface area contributed by atoms with Gasteiger partial charge in [0.25, 0.3) is 0 Å². The average molecular weight is 700 g/mol. The summed E-state index contributed by atoms with van der Waals surface area (Å²) in [5.74, 6) is -0.178. The third-order valence-electron chi connectivity index (χ3n) is 9.86. The van der Waals surface area contributed by atoms with Gasteiger partial charge in [0.1, 0.15) is 24.4 Å². The Hall–Kier alpha value is -1.07. The van der Waals surface area contributed by atoms with Crippen LogP contribution in [0.5, 0.6) is 0 Å². The Morgan fingerprint density at radius 2 is 1.12 bits per heavy atom. The van der Waals surface area contributed by atoms with Crippen molar-refractivity contribution in [3.8, 4) is 0 Å². The molecular weight excluding hydrogens is 622 g/mol. The minimum atomic E-state index is -1.56. The summed E-state index contributed by atoms with van der Waals surface area (Å²) in [7, 11) is 0. The van der Waals surface area contributed by atoms with E-state index >= 15 is 0 Å². The summed E-state index contributed by atoms with van der Waals surface area (Å²) in [6, 6.07) is -0.796. The van der Waals surface area contributed by atoms with E-state index in [0.29, 0.717) is 6.42 Å². The van der Waals surface area contributed by atoms with Crippen LogP contribution in [0.3, 0.4) is 0 Å². The predicted octanol–water partition coefficient (Wildman–Crippen LogP) is 7.39. The highest BCUT2D eigenvalue weighted by atomic mass is 16.7. The second kappa shape index (κ2) is 31.6. The summed E-state index contributed by atoms with van der Waals surface area (Å²) in [6.45, 7) is 3.75. The number of carbonyl (C=O) groups is 1. The van der Waals surface area contributed by atoms with Gasteiger partial charge in [0, 0.05) is 6.42 Å². The lowest BCUT2D eigenvalue weighted by Crippen LogP contribution is -2.60. The van der Waals surface area contributed by atoms with E-state index in [4.69, 9.17) is 9.47 Å². The molecule has 7 unspecified atom stereocenters. The van der Waals surface area contributed by atoms with Crippen molar-refractivity contribution in [2.75, 3.05) is 13.2 Å². The quantitative estimate of drug-likeness (QED) is 0.0307. The van der Waals surface area contributed by atoms with Crippen molar-refractivity contribution in [3.05, 3.63) is 12.2 Å². The minimum Gasteiger partial charge on any atom is -0.394 e. The van der Waals surface area contributed by atoms with E-state index in [0.717, 1.165) is 38.5 Å². The Bertz CT molecular complexity index is 781. The maximum atomic E-state index is 12.9. The fourth-order valence-corrected chi connectivity index (χ4v) is 6.51. The van der Waals surface area contributed by atoms with Gasteiger partial charge < -0.3 is 40.3 Å². The molecule has 0 aromatic heterocycles. The van der Waals surface area contributed by atoms with Gasteiger partial charge in [0.2, 0.25) is 5.91 Å². The highest BCUT2D eigenvalue weighted by Gasteiger charge is 2.44. The molecule has 9 heteroatoms. The van der Waals surface area contributed by atoms with Gasteiger partial charge in [-0.15, -0.1) is 0 Å². The minimum absolute atomic E-state index is 0.178. The first kappa shape index (κ1) is 46.0. The SMILES string of the molecule is CCCCCCCCCCCCC/C=C/C(O)C(COC1OC(CO)C(O)C(O)C1O)NC(=O)CCCCCCCCCCCCCCC. The first-order valence-corrected chi connectivity index (χ1v) is 20.4. The van der Waals surface area contributed by atoms with E-state index in [1.54, 1.807) is 6.08 Å². The Balaban J connectivity index is 2.43. The zero-order chi connectivity index (χ0) is 36.0. The molecule has 49 heavy (non-hydrogen) atoms. The van der Waals surface area contributed by atoms with Crippen LogP contribution in [0.25, 0.3) is 0 Å². The van der Waals surface area contributed by atoms with Crippen LogP contribution < -0.4 is 5.32 Å². The van der Waals surface area contributed by atoms with Crippen LogP contribution in [-0.2, 0) is 14.3 Å². The molecule has 1 aliphatic heterocycles. The van der Waals surface area contributed by atoms with Crippen LogP contribution in [0.1, 0.15) is 181 Å². The molecule has 0 aromatic carbocycles. The van der Waals surface area contributed by atoms with E-state index < -0.39 is 49.5 Å². The highest BCUT2D eigenvalue weighted by molar-refractivity contribution is 5.76. The predicted molar refractivity (Wildman–Crippen MR) is 198 cm³/mol. The van der Waals surface area contributed by atoms with Crippen LogP contribution in [0.4, 0.5) is 0 Å². The molecule has 1 saturated heterocycles. The molecule has 1 amide bonds. The Labute approximate surface area is 299 Å². The van der Waals surface area contributed by atoms with E-state index in [1.165, 1.54) is 122 Å². The van der Waals surface area contributed by atoms with E-state index in [1.807, 2.05) is 6.08 Å². The number of amides is 1. The van der Waals surface area contributed by atoms with Gasteiger partial charge in [0.05, 0.1) is 25.4 Å². The van der Waals surface area contributed by atoms with Crippen molar-refractivity contribution in [2.24, 2.45) is 0 Å². The molecule has 6 N–H and O–H groups in total. The number of aliphatic hydroxyl groups is 5. The third kappa shape index (κ3) is 23.2. The van der Waals surface area contributed by atoms with Gasteiger partial charge in [0.15, 0.2) is 6.29 Å². The van der Waals surface area contributed by atoms with Gasteiger partial charge in [-0.25, -0.2) is 0 Å². The molecule has 9 nitrogen and oxygen atoms in total. The zero-order valence-corrected chi connectivity index (χ0v) is 31.5. The lowest BCUT2D eigenvalue weighted by atomic mass is 9.99. The van der Waals surface area contributed by atoms with Gasteiger partial charge in [-0.3, -0.25) is 4.79 Å². The molecule has 0 spiro atoms. The fraction of sp³-hybridized carbons (Fsp3) is 0.925. The molecule has 0 aromatic rings. The molecule has 1 heterocycles. The van der Waals surface area contributed by atoms with Crippen LogP contribution in [0, 0.1) is 0 Å². The van der Waals surface area contributed by atoms with E-state index in [2.05, 4.69) is 19.2 Å². The Morgan fingerprint density at radius 1 is 0.673 bits per heavy atom. The maximum absolute atomic E-state index is 12.9. The number of unbranched alkanes of at least 4 members (excludes halogenated alkanes) is 23. The van der Waals surface area contributed by atoms with E-state index in [9.17, 15) is 30.3 Å². The molecule has 290 valence electrons. The van der Waals surface area contributed by atoms with Gasteiger partial charge in [-0.2, -0.15) is 0 Å². The lowest BCUT2D eigenvalue weighted by molar-refractivity contribution is -0.302. The van der Waals surface area contributed by atoms with Gasteiger partial charge in [-0.05, 0) is 19.3 Å². The van der Waals surface area contributed by atoms with Crippen LogP contribution in [0.15, 0.2) is 12.2 Å². The van der Waals surface area contributed by atoms with Crippen molar-refractivity contribution in [3.63, 3.8) is 0 Å². The van der Waals surface area contributed by atoms with Crippen molar-refractivity contribution in [2.45, 2.75) is 224 Å². The molecule has 0 aliphatic carbocycles. The normalized spacial score (nSPS) is 22.5. The van der Waals surface area contributed by atoms with Crippen LogP contribution >= 0.6 is 0 Å². The van der Waals surface area contributed by atoms with Crippen LogP contribution in [-0.4, -0.2) is 87.5 Å². The molecule has 1 aliphatic rings. The molecular formula is C40H77NO8. The molecule has 0 radical (unpaired) electrons. The topological polar surface area (TPSA) is 149 Å². The van der Waals surface area contributed by atoms with Crippen molar-refractivity contribution in [1.29, 1.82) is 0 Å². The van der Waals surface area contributed by atoms with Crippen LogP contribution in [0.2, 0.25) is 0 Å². The lowest BCUT2D eigenvalue weighted by Gasteiger charge is -2.40. The standard InChI is InChI=1S/C40H77NO8/c1-3-5-7-9-11-13-15-17-19-21-23-25-27-29-34(43)33(32-48-40-39(47)38(46)37(45)35(31-42)49-40)41-36(44)30-28-26-24-22-20-18-16-14-12-10-8-6-4-2/h27,29,33-35,37-40,42-43,45-47H,3-26,28,30-32H2,1-2H3,(H,41,44)/b29-27+. The Morgan fingerprint density at radius 3 is 1.59 bits per heavy atom. The van der Waals surface area contributed by atoms with Crippen molar-refractivity contribution in [1.82, 2.24) is 5.32 Å². The molecule has 0 saturated carbocycles. The summed E-state index contributed by atoms with van der Waals surface area (Å²) in [5.41, 5.74) is 0. The largest absolute Gasteiger partial charge is 0.394 e. The summed E-state index contributed by atoms with van der Waals surface area (Å²) in [6.07, 6.45) is 26.7. The van der Waals surface area contributed by atoms with Crippen molar-refractivity contribution >= 4 is 5.91 Å². The van der Waals surface area contributed by atoms with Gasteiger partial charge >= 0.3 is 0 Å². The number of carbonyl (C=O) groups excluding carboxylic acids is 1. The third-order valence-corrected chi connectivity index (χ3v) is 9.86. The highest BCUT2D eigenvalue weighted by Crippen LogP contribution is 2.22. The number of aliphatic hydroxyl groups excluding tert-OH is 5. The molecule has 7 atom stereocenters. The summed E-state index contributed by atoms with van der Waals surface area (Å²) < 4.78 is 11.2. The fourth-order valence-electron chi connectivity index (χ4n) is 6.51. The molecule has 1 rings (SSSR count). The number of nitrogens with one attached hydrogen (secondary N) is 1. The summed E-state index contributed by atoms with van der Waals surface area (Å²) in [5, 5.41) is 53.9. The second-order valence-electron chi connectivity index (χ2n) is 14.4. The number of allylic oxidation sites excluding steroid dienone is 1. The maximum Gasteiger partial charge on any atom is 0.220 e. The molecule has 0 bridgehead atoms. The summed E-state index contributed by atoms with van der Waals surface area (Å²) in [4.78, 5) is 12.9. The number of hydrogen-bond acceptors (Lipinski definition) is 8. The average Bonchev–Trinajstić information content (AvgIpc) is 3.10. The van der Waals surface area contributed by atoms with Gasteiger partial charge in [-0.1, -0.05) is 167 Å². The smallest absolute Gasteiger partial charge is 0.220 e. The second-order valence-corrected chi connectivity index (χ2v) is 14.4. The first-order chi connectivity index (χ1) is 23.8. The zero-order valence-electron chi connectivity index (χ0n) is 31.5. The summed E-state index contributed by atoms with van der Waals surface area (Å²) >= 11 is 0. The number of rotatable bonds is 33. The first-order valence-electron chi connectivity index (χ1n) is 20.4. The van der Waals surface area contributed by atoms with Crippen molar-refractivity contribution < 1.29 is 39.8 Å². The molecule has 1 fully saturated rings. The number of hydrogen-bond donors (Lipinski definition) is 6. The van der Waals surface area contributed by atoms with E-state index in [-0.39, 0.29) is 12.5 Å².